The quantitative estimate of drug-likeness (QED) is 0.742. The first kappa shape index (κ1) is 19.8. The highest BCUT2D eigenvalue weighted by molar-refractivity contribution is 6.39. The van der Waals surface area contributed by atoms with Crippen molar-refractivity contribution in [2.24, 2.45) is 0 Å². The maximum Gasteiger partial charge on any atom is 0.471 e. The maximum atomic E-state index is 12.5. The van der Waals surface area contributed by atoms with Gasteiger partial charge in [-0.05, 0) is 24.3 Å². The summed E-state index contributed by atoms with van der Waals surface area (Å²) in [6, 6.07) is 5.54. The number of aromatic nitrogens is 2. The van der Waals surface area contributed by atoms with Crippen LogP contribution in [0.4, 0.5) is 18.9 Å². The van der Waals surface area contributed by atoms with E-state index in [1.807, 2.05) is 0 Å². The maximum absolute atomic E-state index is 12.5. The van der Waals surface area contributed by atoms with Crippen LogP contribution in [0.1, 0.15) is 5.89 Å². The molecule has 2 N–H and O–H groups in total. The Bertz CT molecular complexity index is 832. The minimum atomic E-state index is -4.73. The molecule has 1 aromatic carbocycles. The van der Waals surface area contributed by atoms with Crippen molar-refractivity contribution in [3.63, 3.8) is 0 Å². The monoisotopic (exact) mass is 400 g/mol. The van der Waals surface area contributed by atoms with Crippen LogP contribution in [0.5, 0.6) is 0 Å². The number of nitrogens with zero attached hydrogens (tertiary/aromatic N) is 2. The molecule has 0 spiro atoms. The first-order valence-corrected chi connectivity index (χ1v) is 8.13. The first-order chi connectivity index (χ1) is 13.3. The van der Waals surface area contributed by atoms with Gasteiger partial charge in [0.1, 0.15) is 0 Å². The van der Waals surface area contributed by atoms with E-state index in [0.717, 1.165) is 0 Å². The molecule has 150 valence electrons. The van der Waals surface area contributed by atoms with Gasteiger partial charge in [-0.3, -0.25) is 9.59 Å². The van der Waals surface area contributed by atoms with Crippen molar-refractivity contribution in [2.45, 2.75) is 12.3 Å². The van der Waals surface area contributed by atoms with Gasteiger partial charge < -0.3 is 24.6 Å². The number of amides is 2. The standard InChI is InChI=1S/C16H15F3N4O5/c17-16(18,19)15-22-12(23-28-15)9-1-3-10(4-2-9)21-14(25)13(24)20-7-11-8-26-5-6-27-11/h1-4,11H,5-8H2,(H,20,24)(H,21,25). The van der Waals surface area contributed by atoms with Gasteiger partial charge in [0.15, 0.2) is 0 Å². The Morgan fingerprint density at radius 3 is 2.50 bits per heavy atom. The van der Waals surface area contributed by atoms with Crippen LogP contribution in [0.2, 0.25) is 0 Å². The van der Waals surface area contributed by atoms with Gasteiger partial charge in [-0.1, -0.05) is 5.16 Å². The molecule has 0 aliphatic carbocycles. The van der Waals surface area contributed by atoms with Gasteiger partial charge in [0, 0.05) is 17.8 Å². The van der Waals surface area contributed by atoms with Gasteiger partial charge >= 0.3 is 23.9 Å². The fourth-order valence-electron chi connectivity index (χ4n) is 2.29. The summed E-state index contributed by atoms with van der Waals surface area (Å²) in [6.45, 7) is 1.37. The first-order valence-electron chi connectivity index (χ1n) is 8.13. The minimum Gasteiger partial charge on any atom is -0.376 e. The van der Waals surface area contributed by atoms with E-state index in [0.29, 0.717) is 19.8 Å². The second-order valence-corrected chi connectivity index (χ2v) is 5.73. The van der Waals surface area contributed by atoms with Crippen molar-refractivity contribution in [1.29, 1.82) is 0 Å². The molecular weight excluding hydrogens is 385 g/mol. The highest BCUT2D eigenvalue weighted by atomic mass is 19.4. The third-order valence-corrected chi connectivity index (χ3v) is 3.65. The molecule has 2 amide bonds. The number of halogens is 3. The molecule has 1 unspecified atom stereocenters. The second kappa shape index (κ2) is 8.35. The van der Waals surface area contributed by atoms with Crippen LogP contribution >= 0.6 is 0 Å². The predicted octanol–water partition coefficient (Wildman–Crippen LogP) is 1.23. The number of rotatable bonds is 4. The highest BCUT2D eigenvalue weighted by Gasteiger charge is 2.38. The number of ether oxygens (including phenoxy) is 2. The lowest BCUT2D eigenvalue weighted by molar-refractivity contribution is -0.159. The predicted molar refractivity (Wildman–Crippen MR) is 86.9 cm³/mol. The van der Waals surface area contributed by atoms with Crippen molar-refractivity contribution in [3.8, 4) is 11.4 Å². The molecule has 3 rings (SSSR count). The van der Waals surface area contributed by atoms with E-state index in [4.69, 9.17) is 9.47 Å². The number of hydrogen-bond acceptors (Lipinski definition) is 7. The van der Waals surface area contributed by atoms with Crippen LogP contribution in [-0.2, 0) is 25.2 Å². The fraction of sp³-hybridized carbons (Fsp3) is 0.375. The van der Waals surface area contributed by atoms with Gasteiger partial charge in [-0.15, -0.1) is 0 Å². The summed E-state index contributed by atoms with van der Waals surface area (Å²) in [4.78, 5) is 27.0. The van der Waals surface area contributed by atoms with E-state index < -0.39 is 23.9 Å². The molecule has 1 aliphatic heterocycles. The van der Waals surface area contributed by atoms with Gasteiger partial charge in [0.25, 0.3) is 0 Å². The zero-order chi connectivity index (χ0) is 20.1. The summed E-state index contributed by atoms with van der Waals surface area (Å²) < 4.78 is 52.1. The fourth-order valence-corrected chi connectivity index (χ4v) is 2.29. The van der Waals surface area contributed by atoms with Crippen molar-refractivity contribution in [3.05, 3.63) is 30.2 Å². The minimum absolute atomic E-state index is 0.130. The summed E-state index contributed by atoms with van der Waals surface area (Å²) >= 11 is 0. The number of carbonyl (C=O) groups is 2. The number of carbonyl (C=O) groups excluding carboxylic acids is 2. The molecule has 1 aromatic heterocycles. The molecule has 9 nitrogen and oxygen atoms in total. The lowest BCUT2D eigenvalue weighted by atomic mass is 10.2. The van der Waals surface area contributed by atoms with Crippen LogP contribution in [0.3, 0.4) is 0 Å². The smallest absolute Gasteiger partial charge is 0.376 e. The molecule has 1 atom stereocenters. The normalized spacial score (nSPS) is 17.2. The molecule has 0 bridgehead atoms. The lowest BCUT2D eigenvalue weighted by Gasteiger charge is -2.22. The van der Waals surface area contributed by atoms with Crippen molar-refractivity contribution < 1.29 is 36.8 Å². The van der Waals surface area contributed by atoms with E-state index >= 15 is 0 Å². The molecule has 0 saturated carbocycles. The van der Waals surface area contributed by atoms with Gasteiger partial charge in [-0.2, -0.15) is 18.2 Å². The molecule has 2 aromatic rings. The number of nitrogens with one attached hydrogen (secondary N) is 2. The van der Waals surface area contributed by atoms with Crippen LogP contribution in [-0.4, -0.2) is 54.4 Å². The molecule has 1 fully saturated rings. The average molecular weight is 400 g/mol. The average Bonchev–Trinajstić information content (AvgIpc) is 3.18. The Morgan fingerprint density at radius 2 is 1.89 bits per heavy atom. The molecule has 12 heteroatoms. The van der Waals surface area contributed by atoms with Gasteiger partial charge in [0.05, 0.1) is 25.9 Å². The number of benzene rings is 1. The van der Waals surface area contributed by atoms with E-state index in [1.54, 1.807) is 0 Å². The van der Waals surface area contributed by atoms with E-state index in [-0.39, 0.29) is 29.7 Å². The topological polar surface area (TPSA) is 116 Å². The molecule has 2 heterocycles. The Hall–Kier alpha value is -2.99. The van der Waals surface area contributed by atoms with Gasteiger partial charge in [-0.25, -0.2) is 0 Å². The Kier molecular flexibility index (Phi) is 5.90. The summed E-state index contributed by atoms with van der Waals surface area (Å²) in [6.07, 6.45) is -5.05. The molecule has 1 saturated heterocycles. The van der Waals surface area contributed by atoms with Gasteiger partial charge in [0.2, 0.25) is 5.82 Å². The largest absolute Gasteiger partial charge is 0.471 e. The third kappa shape index (κ3) is 5.04. The van der Waals surface area contributed by atoms with E-state index in [2.05, 4.69) is 25.3 Å². The molecule has 0 radical (unpaired) electrons. The number of hydrogen-bond donors (Lipinski definition) is 2. The number of alkyl halides is 3. The van der Waals surface area contributed by atoms with Crippen LogP contribution in [0.15, 0.2) is 28.8 Å². The highest BCUT2D eigenvalue weighted by Crippen LogP contribution is 2.29. The number of anilines is 1. The SMILES string of the molecule is O=C(NCC1COCCO1)C(=O)Nc1ccc(-c2noc(C(F)(F)F)n2)cc1. The van der Waals surface area contributed by atoms with E-state index in [9.17, 15) is 22.8 Å². The second-order valence-electron chi connectivity index (χ2n) is 5.73. The summed E-state index contributed by atoms with van der Waals surface area (Å²) in [5.41, 5.74) is 0.511. The van der Waals surface area contributed by atoms with Crippen molar-refractivity contribution >= 4 is 17.5 Å². The van der Waals surface area contributed by atoms with Crippen LogP contribution in [0, 0.1) is 0 Å². The Labute approximate surface area is 156 Å². The third-order valence-electron chi connectivity index (χ3n) is 3.65. The van der Waals surface area contributed by atoms with E-state index in [1.165, 1.54) is 24.3 Å². The Balaban J connectivity index is 1.54. The zero-order valence-corrected chi connectivity index (χ0v) is 14.3. The lowest BCUT2D eigenvalue weighted by Crippen LogP contribution is -2.43. The van der Waals surface area contributed by atoms with Crippen LogP contribution < -0.4 is 10.6 Å². The zero-order valence-electron chi connectivity index (χ0n) is 14.3. The Morgan fingerprint density at radius 1 is 1.14 bits per heavy atom. The van der Waals surface area contributed by atoms with Crippen molar-refractivity contribution in [2.75, 3.05) is 31.7 Å². The van der Waals surface area contributed by atoms with Crippen molar-refractivity contribution in [1.82, 2.24) is 15.5 Å². The molecular formula is C16H15F3N4O5. The summed E-state index contributed by atoms with van der Waals surface area (Å²) in [5, 5.41) is 8.06. The summed E-state index contributed by atoms with van der Waals surface area (Å²) in [5.74, 6) is -3.46. The summed E-state index contributed by atoms with van der Waals surface area (Å²) in [7, 11) is 0. The van der Waals surface area contributed by atoms with Crippen LogP contribution in [0.25, 0.3) is 11.4 Å². The molecule has 1 aliphatic rings. The molecule has 28 heavy (non-hydrogen) atoms.